The number of piperidine rings is 1. The third kappa shape index (κ3) is 4.25. The van der Waals surface area contributed by atoms with Crippen LogP contribution in [0.3, 0.4) is 0 Å². The Labute approximate surface area is 216 Å². The van der Waals surface area contributed by atoms with E-state index in [1.165, 1.54) is 6.33 Å². The van der Waals surface area contributed by atoms with E-state index in [0.29, 0.717) is 17.8 Å². The van der Waals surface area contributed by atoms with Crippen molar-refractivity contribution >= 4 is 17.5 Å². The Bertz CT molecular complexity index is 1370. The summed E-state index contributed by atoms with van der Waals surface area (Å²) in [7, 11) is 0. The van der Waals surface area contributed by atoms with Gasteiger partial charge in [-0.15, -0.1) is 0 Å². The molecule has 0 radical (unpaired) electrons. The molecule has 10 heteroatoms. The molecule has 5 heterocycles. The summed E-state index contributed by atoms with van der Waals surface area (Å²) in [6, 6.07) is 10.4. The zero-order chi connectivity index (χ0) is 25.5. The van der Waals surface area contributed by atoms with Crippen molar-refractivity contribution in [3.63, 3.8) is 0 Å². The molecular weight excluding hydrogens is 466 g/mol. The number of hydrogen-bond donors (Lipinski definition) is 1. The Hall–Kier alpha value is -3.79. The second-order valence-corrected chi connectivity index (χ2v) is 10.3. The van der Waals surface area contributed by atoms with Gasteiger partial charge in [0.25, 0.3) is 0 Å². The number of carbonyl (C=O) groups excluding carboxylic acids is 1. The number of nitrogens with zero attached hydrogens (tertiary/aromatic N) is 8. The topological polar surface area (TPSA) is 98.6 Å². The van der Waals surface area contributed by atoms with Crippen molar-refractivity contribution in [2.24, 2.45) is 5.92 Å². The SMILES string of the molecule is CCN1CCC(N2CC(C(C)C)N(c3ccn4ncc(-c5ccc(-c6ncn[nH]6)cc5)c4n3)C2=O)CC1. The monoisotopic (exact) mass is 499 g/mol. The van der Waals surface area contributed by atoms with E-state index >= 15 is 0 Å². The molecule has 2 aliphatic rings. The van der Waals surface area contributed by atoms with Crippen LogP contribution in [0.25, 0.3) is 28.2 Å². The second kappa shape index (κ2) is 9.59. The molecule has 0 bridgehead atoms. The Morgan fingerprint density at radius 1 is 1.08 bits per heavy atom. The van der Waals surface area contributed by atoms with Crippen LogP contribution in [0, 0.1) is 5.92 Å². The van der Waals surface area contributed by atoms with Crippen molar-refractivity contribution in [3.8, 4) is 22.5 Å². The summed E-state index contributed by atoms with van der Waals surface area (Å²) in [6.07, 6.45) is 7.29. The lowest BCUT2D eigenvalue weighted by Crippen LogP contribution is -2.46. The van der Waals surface area contributed by atoms with Gasteiger partial charge in [-0.05, 0) is 36.9 Å². The van der Waals surface area contributed by atoms with Crippen LogP contribution in [0.5, 0.6) is 0 Å². The van der Waals surface area contributed by atoms with Gasteiger partial charge < -0.3 is 9.80 Å². The molecule has 1 atom stereocenters. The van der Waals surface area contributed by atoms with E-state index in [1.807, 2.05) is 47.6 Å². The average molecular weight is 500 g/mol. The third-order valence-electron chi connectivity index (χ3n) is 7.87. The van der Waals surface area contributed by atoms with Gasteiger partial charge in [-0.1, -0.05) is 45.0 Å². The van der Waals surface area contributed by atoms with Gasteiger partial charge in [0.15, 0.2) is 11.5 Å². The predicted molar refractivity (Wildman–Crippen MR) is 142 cm³/mol. The summed E-state index contributed by atoms with van der Waals surface area (Å²) in [6.45, 7) is 10.5. The Morgan fingerprint density at radius 2 is 1.84 bits per heavy atom. The quantitative estimate of drug-likeness (QED) is 0.432. The van der Waals surface area contributed by atoms with Crippen molar-refractivity contribution < 1.29 is 4.79 Å². The molecule has 2 fully saturated rings. The number of nitrogens with one attached hydrogen (secondary N) is 1. The second-order valence-electron chi connectivity index (χ2n) is 10.3. The summed E-state index contributed by atoms with van der Waals surface area (Å²) in [5.74, 6) is 1.73. The molecule has 2 amide bonds. The van der Waals surface area contributed by atoms with Gasteiger partial charge >= 0.3 is 6.03 Å². The minimum Gasteiger partial charge on any atom is -0.319 e. The van der Waals surface area contributed by atoms with Crippen LogP contribution >= 0.6 is 0 Å². The Kier molecular flexibility index (Phi) is 6.11. The number of benzene rings is 1. The van der Waals surface area contributed by atoms with Gasteiger partial charge in [0.05, 0.1) is 12.2 Å². The van der Waals surface area contributed by atoms with Crippen molar-refractivity contribution in [2.45, 2.75) is 45.7 Å². The van der Waals surface area contributed by atoms with Crippen molar-refractivity contribution in [2.75, 3.05) is 31.1 Å². The van der Waals surface area contributed by atoms with Gasteiger partial charge in [0.1, 0.15) is 12.1 Å². The first kappa shape index (κ1) is 23.6. The molecule has 1 aromatic carbocycles. The zero-order valence-electron chi connectivity index (χ0n) is 21.6. The van der Waals surface area contributed by atoms with Crippen LogP contribution in [0.1, 0.15) is 33.6 Å². The Morgan fingerprint density at radius 3 is 2.51 bits per heavy atom. The number of aromatic amines is 1. The maximum Gasteiger partial charge on any atom is 0.326 e. The molecule has 0 saturated carbocycles. The number of amides is 2. The van der Waals surface area contributed by atoms with E-state index < -0.39 is 0 Å². The van der Waals surface area contributed by atoms with Crippen LogP contribution in [0.15, 0.2) is 49.1 Å². The number of aromatic nitrogens is 6. The van der Waals surface area contributed by atoms with Crippen LogP contribution in [-0.2, 0) is 0 Å². The third-order valence-corrected chi connectivity index (χ3v) is 7.87. The van der Waals surface area contributed by atoms with Gasteiger partial charge in [-0.25, -0.2) is 19.3 Å². The van der Waals surface area contributed by atoms with Gasteiger partial charge in [0, 0.05) is 43.0 Å². The van der Waals surface area contributed by atoms with E-state index in [-0.39, 0.29) is 12.1 Å². The first-order valence-corrected chi connectivity index (χ1v) is 13.2. The van der Waals surface area contributed by atoms with Gasteiger partial charge in [-0.3, -0.25) is 10.00 Å². The lowest BCUT2D eigenvalue weighted by atomic mass is 10.0. The number of carbonyl (C=O) groups is 1. The highest BCUT2D eigenvalue weighted by atomic mass is 16.2. The molecule has 3 aromatic heterocycles. The number of anilines is 1. The van der Waals surface area contributed by atoms with E-state index in [4.69, 9.17) is 4.98 Å². The molecule has 2 saturated heterocycles. The van der Waals surface area contributed by atoms with Crippen LogP contribution in [0.2, 0.25) is 0 Å². The molecule has 6 rings (SSSR count). The smallest absolute Gasteiger partial charge is 0.319 e. The fraction of sp³-hybridized carbons (Fsp3) is 0.444. The summed E-state index contributed by atoms with van der Waals surface area (Å²) in [5.41, 5.74) is 3.61. The highest BCUT2D eigenvalue weighted by Gasteiger charge is 2.43. The molecular formula is C27H33N9O. The summed E-state index contributed by atoms with van der Waals surface area (Å²) in [5, 5.41) is 11.3. The lowest BCUT2D eigenvalue weighted by molar-refractivity contribution is 0.137. The standard InChI is InChI=1S/C27H33N9O/c1-4-33-12-9-21(10-13-33)34-16-23(18(2)3)36(27(34)37)24-11-14-35-26(31-24)22(15-30-35)19-5-7-20(8-6-19)25-28-17-29-32-25/h5-8,11,14-15,17-18,21,23H,4,9-10,12-13,16H2,1-3H3,(H,28,29,32). The summed E-state index contributed by atoms with van der Waals surface area (Å²) >= 11 is 0. The van der Waals surface area contributed by atoms with Gasteiger partial charge in [-0.2, -0.15) is 10.2 Å². The van der Waals surface area contributed by atoms with Crippen molar-refractivity contribution in [3.05, 3.63) is 49.1 Å². The summed E-state index contributed by atoms with van der Waals surface area (Å²) < 4.78 is 1.77. The van der Waals surface area contributed by atoms with E-state index in [9.17, 15) is 4.79 Å². The fourth-order valence-corrected chi connectivity index (χ4v) is 5.62. The number of H-pyrrole nitrogens is 1. The van der Waals surface area contributed by atoms with Crippen LogP contribution in [-0.4, -0.2) is 83.9 Å². The molecule has 1 N–H and O–H groups in total. The lowest BCUT2D eigenvalue weighted by Gasteiger charge is -2.36. The minimum atomic E-state index is 0.0722. The van der Waals surface area contributed by atoms with Crippen molar-refractivity contribution in [1.29, 1.82) is 0 Å². The largest absolute Gasteiger partial charge is 0.326 e. The minimum absolute atomic E-state index is 0.0722. The predicted octanol–water partition coefficient (Wildman–Crippen LogP) is 3.93. The maximum atomic E-state index is 13.8. The number of hydrogen-bond acceptors (Lipinski definition) is 6. The number of urea groups is 1. The molecule has 10 nitrogen and oxygen atoms in total. The molecule has 2 aliphatic heterocycles. The first-order chi connectivity index (χ1) is 18.0. The number of fused-ring (bicyclic) bond motifs is 1. The number of likely N-dealkylation sites (tertiary alicyclic amines) is 1. The average Bonchev–Trinajstić information content (AvgIpc) is 3.67. The summed E-state index contributed by atoms with van der Waals surface area (Å²) in [4.78, 5) is 29.5. The molecule has 1 unspecified atom stereocenters. The highest BCUT2D eigenvalue weighted by Crippen LogP contribution is 2.33. The Balaban J connectivity index is 1.31. The first-order valence-electron chi connectivity index (χ1n) is 13.2. The fourth-order valence-electron chi connectivity index (χ4n) is 5.62. The van der Waals surface area contributed by atoms with Crippen LogP contribution in [0.4, 0.5) is 10.6 Å². The normalized spacial score (nSPS) is 19.6. The molecule has 37 heavy (non-hydrogen) atoms. The van der Waals surface area contributed by atoms with E-state index in [1.54, 1.807) is 4.52 Å². The molecule has 192 valence electrons. The zero-order valence-corrected chi connectivity index (χ0v) is 21.6. The highest BCUT2D eigenvalue weighted by molar-refractivity contribution is 5.95. The molecule has 0 spiro atoms. The molecule has 0 aliphatic carbocycles. The van der Waals surface area contributed by atoms with Crippen LogP contribution < -0.4 is 4.90 Å². The van der Waals surface area contributed by atoms with E-state index in [0.717, 1.165) is 67.2 Å². The van der Waals surface area contributed by atoms with Crippen molar-refractivity contribution in [1.82, 2.24) is 39.6 Å². The van der Waals surface area contributed by atoms with Gasteiger partial charge in [0.2, 0.25) is 0 Å². The maximum absolute atomic E-state index is 13.8. The van der Waals surface area contributed by atoms with E-state index in [2.05, 4.69) is 50.9 Å². The number of rotatable bonds is 6. The molecule has 4 aromatic rings.